The van der Waals surface area contributed by atoms with E-state index in [1.54, 1.807) is 12.3 Å². The number of fused-ring (bicyclic) bond motifs is 1. The number of rotatable bonds is 1. The van der Waals surface area contributed by atoms with Crippen LogP contribution in [0.15, 0.2) is 24.4 Å². The molecule has 11 heavy (non-hydrogen) atoms. The van der Waals surface area contributed by atoms with Gasteiger partial charge in [-0.25, -0.2) is 4.39 Å². The maximum atomic E-state index is 12.1. The lowest BCUT2D eigenvalue weighted by atomic mass is 10.4. The van der Waals surface area contributed by atoms with Crippen LogP contribution >= 0.6 is 0 Å². The molecule has 0 unspecified atom stereocenters. The Labute approximate surface area is 63.1 Å². The highest BCUT2D eigenvalue weighted by Gasteiger charge is 1.98. The molecule has 0 aliphatic heterocycles. The van der Waals surface area contributed by atoms with Crippen molar-refractivity contribution in [3.63, 3.8) is 0 Å². The van der Waals surface area contributed by atoms with Crippen molar-refractivity contribution in [2.75, 3.05) is 0 Å². The van der Waals surface area contributed by atoms with Gasteiger partial charge in [-0.05, 0) is 18.2 Å². The Morgan fingerprint density at radius 2 is 2.45 bits per heavy atom. The van der Waals surface area contributed by atoms with Gasteiger partial charge in [0.15, 0.2) is 0 Å². The van der Waals surface area contributed by atoms with Crippen molar-refractivity contribution >= 4 is 11.0 Å². The van der Waals surface area contributed by atoms with E-state index in [4.69, 9.17) is 0 Å². The molecule has 0 amide bonds. The monoisotopic (exact) mass is 150 g/mol. The van der Waals surface area contributed by atoms with Crippen molar-refractivity contribution < 1.29 is 4.39 Å². The Kier molecular flexibility index (Phi) is 1.35. The van der Waals surface area contributed by atoms with E-state index >= 15 is 0 Å². The van der Waals surface area contributed by atoms with Crippen molar-refractivity contribution in [2.45, 2.75) is 6.67 Å². The van der Waals surface area contributed by atoms with Crippen LogP contribution in [-0.4, -0.2) is 9.97 Å². The molecule has 56 valence electrons. The molecule has 1 N–H and O–H groups in total. The van der Waals surface area contributed by atoms with Gasteiger partial charge in [0.25, 0.3) is 0 Å². The minimum atomic E-state index is -0.462. The SMILES string of the molecule is FCc1cc2ncccc2[nH]1. The highest BCUT2D eigenvalue weighted by atomic mass is 19.1. The predicted octanol–water partition coefficient (Wildman–Crippen LogP) is 2.03. The second kappa shape index (κ2) is 2.34. The Bertz CT molecular complexity index is 334. The van der Waals surface area contributed by atoms with E-state index < -0.39 is 6.67 Å². The number of pyridine rings is 1. The lowest BCUT2D eigenvalue weighted by Gasteiger charge is -1.83. The average Bonchev–Trinajstić information content (AvgIpc) is 2.46. The van der Waals surface area contributed by atoms with Crippen LogP contribution in [-0.2, 0) is 6.67 Å². The second-order valence-corrected chi connectivity index (χ2v) is 2.36. The van der Waals surface area contributed by atoms with Gasteiger partial charge in [0.05, 0.1) is 11.0 Å². The number of aromatic amines is 1. The number of H-pyrrole nitrogens is 1. The fraction of sp³-hybridized carbons (Fsp3) is 0.125. The van der Waals surface area contributed by atoms with Crippen LogP contribution in [0.1, 0.15) is 5.69 Å². The first-order valence-electron chi connectivity index (χ1n) is 3.39. The second-order valence-electron chi connectivity index (χ2n) is 2.36. The molecular weight excluding hydrogens is 143 g/mol. The summed E-state index contributed by atoms with van der Waals surface area (Å²) < 4.78 is 12.1. The van der Waals surface area contributed by atoms with Gasteiger partial charge in [-0.1, -0.05) is 0 Å². The third kappa shape index (κ3) is 0.981. The van der Waals surface area contributed by atoms with Gasteiger partial charge in [0.2, 0.25) is 0 Å². The summed E-state index contributed by atoms with van der Waals surface area (Å²) in [6.45, 7) is -0.462. The maximum Gasteiger partial charge on any atom is 0.129 e. The van der Waals surface area contributed by atoms with Crippen molar-refractivity contribution in [1.82, 2.24) is 9.97 Å². The maximum absolute atomic E-state index is 12.1. The minimum absolute atomic E-state index is 0.462. The van der Waals surface area contributed by atoms with Crippen LogP contribution in [0.2, 0.25) is 0 Å². The van der Waals surface area contributed by atoms with E-state index in [2.05, 4.69) is 9.97 Å². The number of halogens is 1. The molecule has 0 fully saturated rings. The molecule has 0 spiro atoms. The molecule has 0 saturated carbocycles. The van der Waals surface area contributed by atoms with Gasteiger partial charge in [-0.3, -0.25) is 4.98 Å². The van der Waals surface area contributed by atoms with Crippen LogP contribution in [0, 0.1) is 0 Å². The zero-order valence-electron chi connectivity index (χ0n) is 5.84. The summed E-state index contributed by atoms with van der Waals surface area (Å²) in [6, 6.07) is 5.41. The molecule has 0 saturated heterocycles. The van der Waals surface area contributed by atoms with Crippen molar-refractivity contribution in [1.29, 1.82) is 0 Å². The number of aromatic nitrogens is 2. The molecule has 0 bridgehead atoms. The Morgan fingerprint density at radius 1 is 1.55 bits per heavy atom. The lowest BCUT2D eigenvalue weighted by Crippen LogP contribution is -1.73. The van der Waals surface area contributed by atoms with Gasteiger partial charge in [-0.2, -0.15) is 0 Å². The molecule has 2 aromatic heterocycles. The third-order valence-corrected chi connectivity index (χ3v) is 1.59. The van der Waals surface area contributed by atoms with E-state index in [1.807, 2.05) is 12.1 Å². The third-order valence-electron chi connectivity index (χ3n) is 1.59. The summed E-state index contributed by atoms with van der Waals surface area (Å²) in [7, 11) is 0. The fourth-order valence-electron chi connectivity index (χ4n) is 1.08. The largest absolute Gasteiger partial charge is 0.355 e. The van der Waals surface area contributed by atoms with E-state index in [0.717, 1.165) is 11.0 Å². The molecule has 0 aliphatic rings. The highest BCUT2D eigenvalue weighted by molar-refractivity contribution is 5.75. The average molecular weight is 150 g/mol. The fourth-order valence-corrected chi connectivity index (χ4v) is 1.08. The van der Waals surface area contributed by atoms with Crippen LogP contribution < -0.4 is 0 Å². The number of nitrogens with one attached hydrogen (secondary N) is 1. The van der Waals surface area contributed by atoms with Crippen molar-refractivity contribution in [3.05, 3.63) is 30.1 Å². The van der Waals surface area contributed by atoms with E-state index in [1.165, 1.54) is 0 Å². The van der Waals surface area contributed by atoms with Crippen LogP contribution in [0.5, 0.6) is 0 Å². The zero-order chi connectivity index (χ0) is 7.68. The molecule has 3 heteroatoms. The summed E-state index contributed by atoms with van der Waals surface area (Å²) in [6.07, 6.45) is 1.69. The molecule has 0 aromatic carbocycles. The topological polar surface area (TPSA) is 28.7 Å². The van der Waals surface area contributed by atoms with E-state index in [0.29, 0.717) is 5.69 Å². The summed E-state index contributed by atoms with van der Waals surface area (Å²) >= 11 is 0. The smallest absolute Gasteiger partial charge is 0.129 e. The van der Waals surface area contributed by atoms with Crippen LogP contribution in [0.4, 0.5) is 4.39 Å². The van der Waals surface area contributed by atoms with Gasteiger partial charge in [0, 0.05) is 11.9 Å². The Hall–Kier alpha value is -1.38. The van der Waals surface area contributed by atoms with Gasteiger partial charge in [0.1, 0.15) is 6.67 Å². The Morgan fingerprint density at radius 3 is 3.18 bits per heavy atom. The first-order chi connectivity index (χ1) is 5.40. The predicted molar refractivity (Wildman–Crippen MR) is 40.9 cm³/mol. The first-order valence-corrected chi connectivity index (χ1v) is 3.39. The molecule has 2 aromatic rings. The molecule has 2 heterocycles. The lowest BCUT2D eigenvalue weighted by molar-refractivity contribution is 0.478. The highest BCUT2D eigenvalue weighted by Crippen LogP contribution is 2.11. The molecule has 0 atom stereocenters. The number of hydrogen-bond donors (Lipinski definition) is 1. The zero-order valence-corrected chi connectivity index (χ0v) is 5.84. The van der Waals surface area contributed by atoms with Crippen LogP contribution in [0.25, 0.3) is 11.0 Å². The molecular formula is C8H7FN2. The Balaban J connectivity index is 2.69. The number of nitrogens with zero attached hydrogens (tertiary/aromatic N) is 1. The first kappa shape index (κ1) is 6.34. The van der Waals surface area contributed by atoms with Gasteiger partial charge < -0.3 is 4.98 Å². The molecule has 0 aliphatic carbocycles. The van der Waals surface area contributed by atoms with Gasteiger partial charge in [-0.15, -0.1) is 0 Å². The molecule has 2 rings (SSSR count). The summed E-state index contributed by atoms with van der Waals surface area (Å²) in [5.41, 5.74) is 2.29. The normalized spacial score (nSPS) is 10.6. The van der Waals surface area contributed by atoms with Crippen LogP contribution in [0.3, 0.4) is 0 Å². The van der Waals surface area contributed by atoms with Crippen molar-refractivity contribution in [2.24, 2.45) is 0 Å². The summed E-state index contributed by atoms with van der Waals surface area (Å²) in [4.78, 5) is 6.96. The quantitative estimate of drug-likeness (QED) is 0.662. The minimum Gasteiger partial charge on any atom is -0.355 e. The van der Waals surface area contributed by atoms with Gasteiger partial charge >= 0.3 is 0 Å². The van der Waals surface area contributed by atoms with E-state index in [-0.39, 0.29) is 0 Å². The summed E-state index contributed by atoms with van der Waals surface area (Å²) in [5.74, 6) is 0. The standard InChI is InChI=1S/C8H7FN2/c9-5-6-4-8-7(11-6)2-1-3-10-8/h1-4,11H,5H2. The van der Waals surface area contributed by atoms with Crippen molar-refractivity contribution in [3.8, 4) is 0 Å². The number of hydrogen-bond acceptors (Lipinski definition) is 1. The number of alkyl halides is 1. The summed E-state index contributed by atoms with van der Waals surface area (Å²) in [5, 5.41) is 0. The molecule has 0 radical (unpaired) electrons. The van der Waals surface area contributed by atoms with E-state index in [9.17, 15) is 4.39 Å². The molecule has 2 nitrogen and oxygen atoms in total.